The number of hydrogen-bond acceptors (Lipinski definition) is 15. The van der Waals surface area contributed by atoms with Crippen LogP contribution in [-0.2, 0) is 43.1 Å². The maximum Gasteiger partial charge on any atom is 0.407 e. The molecule has 1 unspecified atom stereocenters. The van der Waals surface area contributed by atoms with Gasteiger partial charge in [0.2, 0.25) is 12.2 Å². The highest BCUT2D eigenvalue weighted by Crippen LogP contribution is 2.05. The number of ether oxygens (including phenoxy) is 3. The number of unbranched alkanes of at least 4 members (excludes halogenated alkanes) is 9. The van der Waals surface area contributed by atoms with Crippen molar-refractivity contribution in [2.45, 2.75) is 90.1 Å². The zero-order valence-corrected chi connectivity index (χ0v) is 29.0. The Kier molecular flexibility index (Phi) is 31.5. The van der Waals surface area contributed by atoms with Gasteiger partial charge in [-0.3, -0.25) is 20.3 Å². The van der Waals surface area contributed by atoms with Gasteiger partial charge in [0.25, 0.3) is 0 Å². The SMILES string of the molecule is C=CC(=O)OCC(COC(=O)C(=C)C)OC(=O)NCCCCCCN(OCNCCCCCCN=C=O)OCNCCCCCCN=C=O. The van der Waals surface area contributed by atoms with Crippen molar-refractivity contribution < 1.29 is 47.9 Å². The molecule has 0 radical (unpaired) electrons. The second-order valence-electron chi connectivity index (χ2n) is 11.0. The van der Waals surface area contributed by atoms with E-state index >= 15 is 0 Å². The molecule has 49 heavy (non-hydrogen) atoms. The van der Waals surface area contributed by atoms with Crippen LogP contribution < -0.4 is 16.0 Å². The van der Waals surface area contributed by atoms with E-state index in [1.54, 1.807) is 12.2 Å². The van der Waals surface area contributed by atoms with E-state index in [2.05, 4.69) is 39.1 Å². The lowest BCUT2D eigenvalue weighted by Gasteiger charge is -2.21. The molecule has 0 bridgehead atoms. The Morgan fingerprint density at radius 3 is 1.80 bits per heavy atom. The molecular weight excluding hydrogens is 640 g/mol. The van der Waals surface area contributed by atoms with E-state index in [0.29, 0.717) is 46.1 Å². The van der Waals surface area contributed by atoms with Crippen molar-refractivity contribution in [2.75, 3.05) is 65.9 Å². The van der Waals surface area contributed by atoms with Crippen LogP contribution in [0.15, 0.2) is 34.8 Å². The maximum absolute atomic E-state index is 12.3. The van der Waals surface area contributed by atoms with Crippen molar-refractivity contribution >= 4 is 30.2 Å². The maximum atomic E-state index is 12.3. The molecule has 0 spiro atoms. The summed E-state index contributed by atoms with van der Waals surface area (Å²) < 4.78 is 15.2. The number of aliphatic imine (C=N–C) groups is 2. The van der Waals surface area contributed by atoms with Gasteiger partial charge in [0.05, 0.1) is 19.6 Å². The van der Waals surface area contributed by atoms with Crippen LogP contribution in [0.3, 0.4) is 0 Å². The first kappa shape index (κ1) is 45.2. The Balaban J connectivity index is 4.39. The molecule has 0 saturated heterocycles. The highest BCUT2D eigenvalue weighted by molar-refractivity contribution is 5.87. The molecule has 0 aromatic heterocycles. The number of alkyl carbamates (subject to hydrolysis) is 1. The Morgan fingerprint density at radius 1 is 0.755 bits per heavy atom. The standard InChI is InChI=1S/C33H56N6O10/c1-4-31(42)45-23-30(24-46-32(43)29(2)3)49-33(44)38-21-15-9-10-16-22-39(47-27-36-19-13-7-5-11-17-34-25-40)48-28-37-20-14-8-6-12-18-35-26-41/h4,30,36-37H,1-2,5-24,27-28H2,3H3,(H,38,44). The monoisotopic (exact) mass is 696 g/mol. The van der Waals surface area contributed by atoms with Gasteiger partial charge in [-0.1, -0.05) is 56.9 Å². The van der Waals surface area contributed by atoms with Crippen LogP contribution in [-0.4, -0.2) is 107 Å². The number of nitrogens with one attached hydrogen (secondary N) is 3. The summed E-state index contributed by atoms with van der Waals surface area (Å²) in [6.07, 6.45) is 13.3. The van der Waals surface area contributed by atoms with Crippen LogP contribution in [0.2, 0.25) is 0 Å². The molecule has 0 aromatic carbocycles. The number of amides is 1. The molecule has 1 atom stereocenters. The van der Waals surface area contributed by atoms with Crippen molar-refractivity contribution in [2.24, 2.45) is 9.98 Å². The lowest BCUT2D eigenvalue weighted by Crippen LogP contribution is -2.35. The van der Waals surface area contributed by atoms with Gasteiger partial charge < -0.3 is 19.5 Å². The first-order valence-electron chi connectivity index (χ1n) is 16.9. The quantitative estimate of drug-likeness (QED) is 0.0129. The molecule has 278 valence electrons. The number of esters is 2. The number of carbonyl (C=O) groups is 3. The van der Waals surface area contributed by atoms with E-state index in [9.17, 15) is 24.0 Å². The van der Waals surface area contributed by atoms with Crippen molar-refractivity contribution in [1.82, 2.24) is 21.2 Å². The molecule has 0 heterocycles. The molecular formula is C33H56N6O10. The number of carbonyl (C=O) groups excluding carboxylic acids is 5. The summed E-state index contributed by atoms with van der Waals surface area (Å²) in [5, 5.41) is 10.6. The van der Waals surface area contributed by atoms with Gasteiger partial charge in [-0.25, -0.2) is 34.0 Å². The van der Waals surface area contributed by atoms with Gasteiger partial charge in [-0.05, 0) is 58.5 Å². The molecule has 3 N–H and O–H groups in total. The van der Waals surface area contributed by atoms with E-state index in [0.717, 1.165) is 89.8 Å². The number of isocyanates is 2. The van der Waals surface area contributed by atoms with Crippen LogP contribution in [0.4, 0.5) is 4.79 Å². The van der Waals surface area contributed by atoms with E-state index in [-0.39, 0.29) is 18.8 Å². The molecule has 0 saturated carbocycles. The topological polar surface area (TPSA) is 196 Å². The second kappa shape index (κ2) is 34.1. The first-order valence-corrected chi connectivity index (χ1v) is 16.9. The third-order valence-electron chi connectivity index (χ3n) is 6.63. The number of hydroxylamine groups is 2. The first-order chi connectivity index (χ1) is 23.8. The van der Waals surface area contributed by atoms with E-state index < -0.39 is 24.1 Å². The van der Waals surface area contributed by atoms with E-state index in [1.165, 1.54) is 12.2 Å². The average molecular weight is 697 g/mol. The fraction of sp³-hybridized carbons (Fsp3) is 0.727. The fourth-order valence-electron chi connectivity index (χ4n) is 3.97. The highest BCUT2D eigenvalue weighted by atomic mass is 17.0. The summed E-state index contributed by atoms with van der Waals surface area (Å²) in [4.78, 5) is 74.2. The van der Waals surface area contributed by atoms with E-state index in [4.69, 9.17) is 23.9 Å². The summed E-state index contributed by atoms with van der Waals surface area (Å²) in [7, 11) is 0. The van der Waals surface area contributed by atoms with Gasteiger partial charge in [0, 0.05) is 18.2 Å². The van der Waals surface area contributed by atoms with Crippen LogP contribution in [0.25, 0.3) is 0 Å². The minimum absolute atomic E-state index is 0.185. The summed E-state index contributed by atoms with van der Waals surface area (Å²) in [6.45, 7) is 11.8. The third kappa shape index (κ3) is 31.3. The van der Waals surface area contributed by atoms with Gasteiger partial charge in [-0.2, -0.15) is 0 Å². The second-order valence-corrected chi connectivity index (χ2v) is 11.0. The molecule has 0 aliphatic heterocycles. The normalized spacial score (nSPS) is 11.1. The summed E-state index contributed by atoms with van der Waals surface area (Å²) in [5.41, 5.74) is 0.185. The fourth-order valence-corrected chi connectivity index (χ4v) is 3.97. The van der Waals surface area contributed by atoms with E-state index in [1.807, 2.05) is 0 Å². The van der Waals surface area contributed by atoms with Gasteiger partial charge in [0.15, 0.2) is 6.10 Å². The number of nitrogens with zero attached hydrogens (tertiary/aromatic N) is 3. The zero-order valence-electron chi connectivity index (χ0n) is 29.0. The van der Waals surface area contributed by atoms with Crippen LogP contribution >= 0.6 is 0 Å². The van der Waals surface area contributed by atoms with Crippen molar-refractivity contribution in [3.8, 4) is 0 Å². The molecule has 0 fully saturated rings. The van der Waals surface area contributed by atoms with Gasteiger partial charge in [0.1, 0.15) is 26.7 Å². The highest BCUT2D eigenvalue weighted by Gasteiger charge is 2.19. The predicted molar refractivity (Wildman–Crippen MR) is 181 cm³/mol. The third-order valence-corrected chi connectivity index (χ3v) is 6.63. The van der Waals surface area contributed by atoms with Gasteiger partial charge in [-0.15, -0.1) is 0 Å². The number of hydrogen-bond donors (Lipinski definition) is 3. The molecule has 1 amide bonds. The molecule has 0 rings (SSSR count). The summed E-state index contributed by atoms with van der Waals surface area (Å²) in [5.74, 6) is -1.35. The number of rotatable bonds is 34. The molecule has 16 heteroatoms. The van der Waals surface area contributed by atoms with Crippen molar-refractivity contribution in [3.63, 3.8) is 0 Å². The average Bonchev–Trinajstić information content (AvgIpc) is 3.09. The lowest BCUT2D eigenvalue weighted by molar-refractivity contribution is -0.373. The minimum atomic E-state index is -0.994. The van der Waals surface area contributed by atoms with Crippen LogP contribution in [0, 0.1) is 0 Å². The Bertz CT molecular complexity index is 982. The molecule has 16 nitrogen and oxygen atoms in total. The minimum Gasteiger partial charge on any atom is -0.458 e. The lowest BCUT2D eigenvalue weighted by atomic mass is 10.2. The molecule has 0 aromatic rings. The molecule has 0 aliphatic rings. The van der Waals surface area contributed by atoms with Crippen molar-refractivity contribution in [3.05, 3.63) is 24.8 Å². The Hall–Kier alpha value is -3.75. The largest absolute Gasteiger partial charge is 0.458 e. The Labute approximate surface area is 290 Å². The van der Waals surface area contributed by atoms with Crippen LogP contribution in [0.1, 0.15) is 84.0 Å². The van der Waals surface area contributed by atoms with Crippen molar-refractivity contribution in [1.29, 1.82) is 0 Å². The predicted octanol–water partition coefficient (Wildman–Crippen LogP) is 3.54. The Morgan fingerprint density at radius 2 is 1.27 bits per heavy atom. The summed E-state index contributed by atoms with van der Waals surface area (Å²) in [6, 6.07) is 0. The smallest absolute Gasteiger partial charge is 0.407 e. The zero-order chi connectivity index (χ0) is 36.2. The van der Waals surface area contributed by atoms with Crippen LogP contribution in [0.5, 0.6) is 0 Å². The van der Waals surface area contributed by atoms with Gasteiger partial charge >= 0.3 is 18.0 Å². The molecule has 0 aliphatic carbocycles. The summed E-state index contributed by atoms with van der Waals surface area (Å²) >= 11 is 0.